The molecule has 0 saturated heterocycles. The van der Waals surface area contributed by atoms with Gasteiger partial charge in [0.05, 0.1) is 17.1 Å². The van der Waals surface area contributed by atoms with E-state index in [9.17, 15) is 14.4 Å². The van der Waals surface area contributed by atoms with E-state index in [1.807, 2.05) is 0 Å². The predicted molar refractivity (Wildman–Crippen MR) is 72.4 cm³/mol. The number of H-pyrrole nitrogens is 2. The van der Waals surface area contributed by atoms with Crippen molar-refractivity contribution in [3.8, 4) is 0 Å². The standard InChI is InChI=1S/C12H14N4O4/c13-7(2-4-10(17)18)11(19)14-6-1-3-8-9(5-6)16-12(20)15-8/h1,3,5,7H,2,4,13H2,(H,14,19)(H,17,18)(H2,15,16,20). The lowest BCUT2D eigenvalue weighted by Gasteiger charge is -2.11. The maximum absolute atomic E-state index is 11.8. The number of nitrogens with one attached hydrogen (secondary N) is 3. The number of hydrogen-bond acceptors (Lipinski definition) is 4. The van der Waals surface area contributed by atoms with Gasteiger partial charge in [-0.05, 0) is 24.6 Å². The van der Waals surface area contributed by atoms with E-state index in [0.717, 1.165) is 0 Å². The highest BCUT2D eigenvalue weighted by molar-refractivity contribution is 5.96. The van der Waals surface area contributed by atoms with Crippen molar-refractivity contribution in [3.63, 3.8) is 0 Å². The second-order valence-electron chi connectivity index (χ2n) is 4.37. The Morgan fingerprint density at radius 2 is 2.00 bits per heavy atom. The van der Waals surface area contributed by atoms with Gasteiger partial charge in [-0.3, -0.25) is 9.59 Å². The Kier molecular flexibility index (Phi) is 3.85. The normalized spacial score (nSPS) is 12.2. The van der Waals surface area contributed by atoms with Crippen molar-refractivity contribution in [3.05, 3.63) is 28.7 Å². The zero-order valence-electron chi connectivity index (χ0n) is 10.5. The number of benzene rings is 1. The summed E-state index contributed by atoms with van der Waals surface area (Å²) in [5.41, 5.74) is 6.92. The highest BCUT2D eigenvalue weighted by Crippen LogP contribution is 2.14. The molecule has 8 nitrogen and oxygen atoms in total. The number of carboxylic acids is 1. The molecule has 1 atom stereocenters. The van der Waals surface area contributed by atoms with Gasteiger partial charge >= 0.3 is 11.7 Å². The summed E-state index contributed by atoms with van der Waals surface area (Å²) < 4.78 is 0. The van der Waals surface area contributed by atoms with Crippen LogP contribution in [0.5, 0.6) is 0 Å². The van der Waals surface area contributed by atoms with E-state index >= 15 is 0 Å². The molecule has 2 aromatic rings. The van der Waals surface area contributed by atoms with Gasteiger partial charge in [0, 0.05) is 12.1 Å². The molecule has 0 bridgehead atoms. The molecule has 1 heterocycles. The lowest BCUT2D eigenvalue weighted by atomic mass is 10.1. The minimum atomic E-state index is -1.00. The van der Waals surface area contributed by atoms with E-state index in [2.05, 4.69) is 15.3 Å². The van der Waals surface area contributed by atoms with Crippen LogP contribution in [0.15, 0.2) is 23.0 Å². The number of hydrogen-bond donors (Lipinski definition) is 5. The molecule has 6 N–H and O–H groups in total. The molecule has 0 aliphatic heterocycles. The molecule has 1 amide bonds. The van der Waals surface area contributed by atoms with Crippen molar-refractivity contribution in [2.75, 3.05) is 5.32 Å². The van der Waals surface area contributed by atoms with E-state index in [1.165, 1.54) is 0 Å². The largest absolute Gasteiger partial charge is 0.481 e. The Balaban J connectivity index is 2.05. The van der Waals surface area contributed by atoms with Gasteiger partial charge in [0.25, 0.3) is 0 Å². The van der Waals surface area contributed by atoms with Crippen LogP contribution >= 0.6 is 0 Å². The first-order valence-corrected chi connectivity index (χ1v) is 5.96. The molecule has 2 rings (SSSR count). The molecule has 0 fully saturated rings. The molecule has 0 radical (unpaired) electrons. The molecular formula is C12H14N4O4. The highest BCUT2D eigenvalue weighted by atomic mass is 16.4. The average Bonchev–Trinajstić information content (AvgIpc) is 2.75. The zero-order valence-corrected chi connectivity index (χ0v) is 10.5. The molecule has 1 aromatic heterocycles. The van der Waals surface area contributed by atoms with E-state index in [-0.39, 0.29) is 18.5 Å². The van der Waals surface area contributed by atoms with Crippen LogP contribution in [0.1, 0.15) is 12.8 Å². The molecule has 106 valence electrons. The van der Waals surface area contributed by atoms with Crippen LogP contribution in [0.2, 0.25) is 0 Å². The van der Waals surface area contributed by atoms with Gasteiger partial charge in [0.15, 0.2) is 0 Å². The minimum Gasteiger partial charge on any atom is -0.481 e. The van der Waals surface area contributed by atoms with Gasteiger partial charge in [-0.1, -0.05) is 0 Å². The Morgan fingerprint density at radius 3 is 2.70 bits per heavy atom. The van der Waals surface area contributed by atoms with Crippen LogP contribution in [0.4, 0.5) is 5.69 Å². The van der Waals surface area contributed by atoms with Gasteiger partial charge in [-0.2, -0.15) is 0 Å². The fourth-order valence-electron chi connectivity index (χ4n) is 1.76. The van der Waals surface area contributed by atoms with Crippen molar-refractivity contribution in [1.29, 1.82) is 0 Å². The second-order valence-corrected chi connectivity index (χ2v) is 4.37. The third-order valence-electron chi connectivity index (χ3n) is 2.79. The Labute approximate surface area is 113 Å². The number of fused-ring (bicyclic) bond motifs is 1. The van der Waals surface area contributed by atoms with Gasteiger partial charge in [0.2, 0.25) is 5.91 Å². The van der Waals surface area contributed by atoms with E-state index in [0.29, 0.717) is 16.7 Å². The summed E-state index contributed by atoms with van der Waals surface area (Å²) in [6.07, 6.45) is -0.108. The van der Waals surface area contributed by atoms with Gasteiger partial charge in [0.1, 0.15) is 0 Å². The van der Waals surface area contributed by atoms with Crippen LogP contribution in [-0.2, 0) is 9.59 Å². The number of aliphatic carboxylic acids is 1. The van der Waals surface area contributed by atoms with Gasteiger partial charge in [-0.25, -0.2) is 4.79 Å². The molecule has 0 aliphatic rings. The summed E-state index contributed by atoms with van der Waals surface area (Å²) >= 11 is 0. The number of carboxylic acid groups (broad SMARTS) is 1. The summed E-state index contributed by atoms with van der Waals surface area (Å²) in [5, 5.41) is 11.1. The number of nitrogens with two attached hydrogens (primary N) is 1. The van der Waals surface area contributed by atoms with E-state index < -0.39 is 17.9 Å². The van der Waals surface area contributed by atoms with Crippen LogP contribution in [0.25, 0.3) is 11.0 Å². The van der Waals surface area contributed by atoms with Crippen LogP contribution in [0, 0.1) is 0 Å². The summed E-state index contributed by atoms with van der Waals surface area (Å²) in [5.74, 6) is -1.47. The van der Waals surface area contributed by atoms with Crippen molar-refractivity contribution in [2.45, 2.75) is 18.9 Å². The lowest BCUT2D eigenvalue weighted by Crippen LogP contribution is -2.36. The zero-order chi connectivity index (χ0) is 14.7. The molecule has 0 aliphatic carbocycles. The number of aromatic amines is 2. The Bertz CT molecular complexity index is 703. The number of amides is 1. The first-order valence-electron chi connectivity index (χ1n) is 5.96. The maximum Gasteiger partial charge on any atom is 0.323 e. The third kappa shape index (κ3) is 3.23. The fourth-order valence-corrected chi connectivity index (χ4v) is 1.76. The van der Waals surface area contributed by atoms with Crippen molar-refractivity contribution >= 4 is 28.6 Å². The third-order valence-corrected chi connectivity index (χ3v) is 2.79. The van der Waals surface area contributed by atoms with Gasteiger partial charge < -0.3 is 26.1 Å². The molecule has 8 heteroatoms. The Morgan fingerprint density at radius 1 is 1.30 bits per heavy atom. The van der Waals surface area contributed by atoms with Crippen LogP contribution < -0.4 is 16.7 Å². The Hall–Kier alpha value is -2.61. The van der Waals surface area contributed by atoms with Crippen LogP contribution in [-0.4, -0.2) is 33.0 Å². The van der Waals surface area contributed by atoms with E-state index in [1.54, 1.807) is 18.2 Å². The first kappa shape index (κ1) is 13.8. The maximum atomic E-state index is 11.8. The SMILES string of the molecule is NC(CCC(=O)O)C(=O)Nc1ccc2[nH]c(=O)[nH]c2c1. The quantitative estimate of drug-likeness (QED) is 0.523. The highest BCUT2D eigenvalue weighted by Gasteiger charge is 2.15. The molecule has 1 aromatic carbocycles. The predicted octanol–water partition coefficient (Wildman–Crippen LogP) is -0.0132. The molecule has 0 saturated carbocycles. The first-order chi connectivity index (χ1) is 9.45. The number of anilines is 1. The molecule has 1 unspecified atom stereocenters. The number of carbonyl (C=O) groups excluding carboxylic acids is 1. The van der Waals surface area contributed by atoms with E-state index in [4.69, 9.17) is 10.8 Å². The number of carbonyl (C=O) groups is 2. The number of aromatic nitrogens is 2. The van der Waals surface area contributed by atoms with Gasteiger partial charge in [-0.15, -0.1) is 0 Å². The molecule has 20 heavy (non-hydrogen) atoms. The fraction of sp³-hybridized carbons (Fsp3) is 0.250. The van der Waals surface area contributed by atoms with Crippen molar-refractivity contribution in [1.82, 2.24) is 9.97 Å². The molecular weight excluding hydrogens is 264 g/mol. The van der Waals surface area contributed by atoms with Crippen molar-refractivity contribution in [2.24, 2.45) is 5.73 Å². The number of imidazole rings is 1. The second kappa shape index (κ2) is 5.57. The lowest BCUT2D eigenvalue weighted by molar-refractivity contribution is -0.137. The van der Waals surface area contributed by atoms with Crippen LogP contribution in [0.3, 0.4) is 0 Å². The topological polar surface area (TPSA) is 141 Å². The summed E-state index contributed by atoms with van der Waals surface area (Å²) in [7, 11) is 0. The monoisotopic (exact) mass is 278 g/mol. The summed E-state index contributed by atoms with van der Waals surface area (Å²) in [6, 6.07) is 3.96. The summed E-state index contributed by atoms with van der Waals surface area (Å²) in [4.78, 5) is 38.4. The smallest absolute Gasteiger partial charge is 0.323 e. The minimum absolute atomic E-state index is 0.0599. The van der Waals surface area contributed by atoms with Crippen molar-refractivity contribution < 1.29 is 14.7 Å². The summed E-state index contributed by atoms with van der Waals surface area (Å²) in [6.45, 7) is 0. The molecule has 0 spiro atoms. The average molecular weight is 278 g/mol. The number of rotatable bonds is 5.